The van der Waals surface area contributed by atoms with Crippen molar-refractivity contribution < 1.29 is 0 Å². The molecule has 38 heavy (non-hydrogen) atoms. The molecule has 6 heteroatoms. The maximum atomic E-state index is 4.80. The molecule has 4 fully saturated rings. The van der Waals surface area contributed by atoms with Gasteiger partial charge in [-0.3, -0.25) is 9.80 Å². The normalized spacial score (nSPS) is 34.1. The molecule has 0 amide bonds. The van der Waals surface area contributed by atoms with Gasteiger partial charge in [0, 0.05) is 18.3 Å². The molecule has 0 radical (unpaired) electrons. The van der Waals surface area contributed by atoms with Crippen molar-refractivity contribution in [2.45, 2.75) is 68.9 Å². The molecule has 2 saturated heterocycles. The largest absolute Gasteiger partial charge is 0.368 e. The molecule has 2 saturated carbocycles. The zero-order chi connectivity index (χ0) is 25.4. The fourth-order valence-electron chi connectivity index (χ4n) is 8.47. The van der Waals surface area contributed by atoms with Gasteiger partial charge in [-0.25, -0.2) is 4.98 Å². The van der Waals surface area contributed by atoms with Gasteiger partial charge >= 0.3 is 0 Å². The molecule has 4 heterocycles. The molecule has 1 aromatic heterocycles. The number of aromatic nitrogens is 2. The molecule has 3 aliphatic heterocycles. The summed E-state index contributed by atoms with van der Waals surface area (Å²) >= 11 is 0. The van der Waals surface area contributed by atoms with Crippen LogP contribution in [0.3, 0.4) is 0 Å². The Labute approximate surface area is 225 Å². The summed E-state index contributed by atoms with van der Waals surface area (Å²) in [4.78, 5) is 13.6. The van der Waals surface area contributed by atoms with Crippen LogP contribution in [-0.4, -0.2) is 58.2 Å². The van der Waals surface area contributed by atoms with E-state index in [1.54, 1.807) is 0 Å². The van der Waals surface area contributed by atoms with Gasteiger partial charge in [-0.2, -0.15) is 0 Å². The number of likely N-dealkylation sites (N-methyl/N-ethyl adjacent to an activating group) is 1. The first-order chi connectivity index (χ1) is 18.6. The predicted molar refractivity (Wildman–Crippen MR) is 152 cm³/mol. The number of piperidine rings is 2. The highest BCUT2D eigenvalue weighted by Crippen LogP contribution is 2.48. The standard InChI is InChI=1S/C32H38N6/c1-37-25-13-11-23(15-25)29(37)31-33-17-27(35-31)21-7-3-19(4-8-21)20-5-9-22(10-6-20)28-18-34-32(36-28)30-24-12-14-26(16-24)38(30)2/h3-10,17-18,23-26,29-31,33,35H,11-16H2,1-2H3,(H,34,36). The second-order valence-electron chi connectivity index (χ2n) is 12.4. The van der Waals surface area contributed by atoms with E-state index in [1.165, 1.54) is 66.5 Å². The average Bonchev–Trinajstić information content (AvgIpc) is 3.78. The zero-order valence-corrected chi connectivity index (χ0v) is 22.4. The third-order valence-corrected chi connectivity index (χ3v) is 10.5. The fourth-order valence-corrected chi connectivity index (χ4v) is 8.47. The van der Waals surface area contributed by atoms with Crippen LogP contribution in [0, 0.1) is 11.8 Å². The summed E-state index contributed by atoms with van der Waals surface area (Å²) in [7, 11) is 4.57. The van der Waals surface area contributed by atoms with E-state index in [0.29, 0.717) is 18.2 Å². The zero-order valence-electron chi connectivity index (χ0n) is 22.4. The Hall–Kier alpha value is -3.09. The molecule has 5 aliphatic rings. The van der Waals surface area contributed by atoms with Gasteiger partial charge in [0.25, 0.3) is 0 Å². The smallest absolute Gasteiger partial charge is 0.124 e. The van der Waals surface area contributed by atoms with Crippen molar-refractivity contribution in [1.82, 2.24) is 30.4 Å². The maximum absolute atomic E-state index is 4.80. The van der Waals surface area contributed by atoms with E-state index >= 15 is 0 Å². The number of fused-ring (bicyclic) bond motifs is 4. The Balaban J connectivity index is 0.941. The van der Waals surface area contributed by atoms with Crippen LogP contribution in [0.4, 0.5) is 0 Å². The molecule has 3 aromatic rings. The number of nitrogens with one attached hydrogen (secondary N) is 3. The number of benzene rings is 2. The first kappa shape index (κ1) is 22.9. The molecule has 196 valence electrons. The highest BCUT2D eigenvalue weighted by atomic mass is 15.3. The lowest BCUT2D eigenvalue weighted by atomic mass is 9.96. The number of aromatic amines is 1. The number of nitrogens with zero attached hydrogens (tertiary/aromatic N) is 3. The number of rotatable bonds is 5. The number of likely N-dealkylation sites (tertiary alicyclic amines) is 2. The van der Waals surface area contributed by atoms with Crippen LogP contribution in [0.5, 0.6) is 0 Å². The molecular formula is C32H38N6. The van der Waals surface area contributed by atoms with Gasteiger partial charge < -0.3 is 15.6 Å². The second kappa shape index (κ2) is 8.72. The van der Waals surface area contributed by atoms with Gasteiger partial charge in [-0.05, 0) is 86.7 Å². The molecule has 6 nitrogen and oxygen atoms in total. The lowest BCUT2D eigenvalue weighted by molar-refractivity contribution is 0.139. The Morgan fingerprint density at radius 3 is 2.03 bits per heavy atom. The van der Waals surface area contributed by atoms with E-state index < -0.39 is 0 Å². The highest BCUT2D eigenvalue weighted by Gasteiger charge is 2.48. The van der Waals surface area contributed by atoms with Crippen LogP contribution in [0.15, 0.2) is 60.9 Å². The van der Waals surface area contributed by atoms with Crippen molar-refractivity contribution in [3.63, 3.8) is 0 Å². The van der Waals surface area contributed by atoms with Crippen LogP contribution in [0.1, 0.15) is 56.0 Å². The van der Waals surface area contributed by atoms with Gasteiger partial charge in [0.2, 0.25) is 0 Å². The molecule has 8 rings (SSSR count). The summed E-state index contributed by atoms with van der Waals surface area (Å²) in [5, 5.41) is 7.41. The average molecular weight is 507 g/mol. The molecule has 3 N–H and O–H groups in total. The summed E-state index contributed by atoms with van der Waals surface area (Å²) in [6.45, 7) is 0. The first-order valence-electron chi connectivity index (χ1n) is 14.5. The van der Waals surface area contributed by atoms with E-state index in [4.69, 9.17) is 4.98 Å². The van der Waals surface area contributed by atoms with E-state index in [2.05, 4.69) is 94.2 Å². The quantitative estimate of drug-likeness (QED) is 0.444. The molecule has 7 atom stereocenters. The van der Waals surface area contributed by atoms with Crippen molar-refractivity contribution in [2.75, 3.05) is 14.1 Å². The van der Waals surface area contributed by atoms with Gasteiger partial charge in [0.15, 0.2) is 0 Å². The minimum atomic E-state index is 0.310. The van der Waals surface area contributed by atoms with Crippen LogP contribution in [0.25, 0.3) is 28.1 Å². The van der Waals surface area contributed by atoms with Crippen molar-refractivity contribution in [2.24, 2.45) is 11.8 Å². The third-order valence-electron chi connectivity index (χ3n) is 10.5. The SMILES string of the molecule is CN1C2CCC(C2)C1c1ncc(-c2ccc(-c3ccc(C4=CNC(C5C6CCC(C6)N5C)N4)cc3)cc2)[nH]1. The second-order valence-corrected chi connectivity index (χ2v) is 12.4. The first-order valence-corrected chi connectivity index (χ1v) is 14.5. The van der Waals surface area contributed by atoms with E-state index in [0.717, 1.165) is 35.4 Å². The Kier molecular flexibility index (Phi) is 5.24. The van der Waals surface area contributed by atoms with Gasteiger partial charge in [-0.15, -0.1) is 0 Å². The summed E-state index contributed by atoms with van der Waals surface area (Å²) in [6, 6.07) is 20.4. The molecule has 7 unspecified atom stereocenters. The molecule has 4 bridgehead atoms. The number of H-pyrrole nitrogens is 1. The number of hydrogen-bond donors (Lipinski definition) is 3. The lowest BCUT2D eigenvalue weighted by Crippen LogP contribution is -2.53. The molecule has 2 aromatic carbocycles. The Morgan fingerprint density at radius 1 is 0.737 bits per heavy atom. The van der Waals surface area contributed by atoms with Crippen molar-refractivity contribution in [3.8, 4) is 22.4 Å². The third kappa shape index (κ3) is 3.57. The topological polar surface area (TPSA) is 59.2 Å². The molecule has 2 aliphatic carbocycles. The van der Waals surface area contributed by atoms with Gasteiger partial charge in [0.1, 0.15) is 12.0 Å². The van der Waals surface area contributed by atoms with Gasteiger partial charge in [-0.1, -0.05) is 48.5 Å². The lowest BCUT2D eigenvalue weighted by Gasteiger charge is -2.36. The van der Waals surface area contributed by atoms with E-state index in [9.17, 15) is 0 Å². The predicted octanol–water partition coefficient (Wildman–Crippen LogP) is 5.20. The number of hydrogen-bond acceptors (Lipinski definition) is 5. The summed E-state index contributed by atoms with van der Waals surface area (Å²) in [5.41, 5.74) is 7.22. The van der Waals surface area contributed by atoms with Crippen LogP contribution in [-0.2, 0) is 0 Å². The van der Waals surface area contributed by atoms with E-state index in [1.807, 2.05) is 6.20 Å². The van der Waals surface area contributed by atoms with Crippen LogP contribution in [0.2, 0.25) is 0 Å². The summed E-state index contributed by atoms with van der Waals surface area (Å²) < 4.78 is 0. The Bertz CT molecular complexity index is 1350. The summed E-state index contributed by atoms with van der Waals surface area (Å²) in [5.74, 6) is 2.71. The van der Waals surface area contributed by atoms with Crippen molar-refractivity contribution in [3.05, 3.63) is 72.3 Å². The van der Waals surface area contributed by atoms with E-state index in [-0.39, 0.29) is 0 Å². The summed E-state index contributed by atoms with van der Waals surface area (Å²) in [6.07, 6.45) is 12.6. The Morgan fingerprint density at radius 2 is 1.37 bits per heavy atom. The van der Waals surface area contributed by atoms with Gasteiger partial charge in [0.05, 0.1) is 29.7 Å². The van der Waals surface area contributed by atoms with Crippen molar-refractivity contribution >= 4 is 5.70 Å². The fraction of sp³-hybridized carbons (Fsp3) is 0.469. The molecular weight excluding hydrogens is 468 g/mol. The highest BCUT2D eigenvalue weighted by molar-refractivity contribution is 5.72. The van der Waals surface area contributed by atoms with Crippen molar-refractivity contribution in [1.29, 1.82) is 0 Å². The minimum Gasteiger partial charge on any atom is -0.368 e. The monoisotopic (exact) mass is 506 g/mol. The van der Waals surface area contributed by atoms with Crippen LogP contribution >= 0.6 is 0 Å². The minimum absolute atomic E-state index is 0.310. The maximum Gasteiger partial charge on any atom is 0.124 e. The van der Waals surface area contributed by atoms with Crippen LogP contribution < -0.4 is 10.6 Å². The number of imidazole rings is 1. The molecule has 0 spiro atoms.